The molecule has 1 unspecified atom stereocenters. The summed E-state index contributed by atoms with van der Waals surface area (Å²) < 4.78 is 5.23. The Morgan fingerprint density at radius 1 is 1.73 bits per heavy atom. The van der Waals surface area contributed by atoms with Crippen LogP contribution < -0.4 is 11.3 Å². The summed E-state index contributed by atoms with van der Waals surface area (Å²) in [6.07, 6.45) is 2.60. The van der Waals surface area contributed by atoms with Crippen molar-refractivity contribution in [3.63, 3.8) is 0 Å². The lowest BCUT2D eigenvalue weighted by Gasteiger charge is -2.26. The molecule has 0 bridgehead atoms. The van der Waals surface area contributed by atoms with Crippen LogP contribution in [0.2, 0.25) is 0 Å². The van der Waals surface area contributed by atoms with Crippen molar-refractivity contribution in [2.24, 2.45) is 5.84 Å². The largest absolute Gasteiger partial charge is 0.379 e. The van der Waals surface area contributed by atoms with Crippen molar-refractivity contribution in [2.45, 2.75) is 31.9 Å². The Labute approximate surface area is 68.6 Å². The molecule has 0 fully saturated rings. The highest BCUT2D eigenvalue weighted by Crippen LogP contribution is 2.15. The van der Waals surface area contributed by atoms with Gasteiger partial charge in [-0.05, 0) is 20.3 Å². The maximum atomic E-state index is 5.27. The van der Waals surface area contributed by atoms with Crippen molar-refractivity contribution in [1.29, 1.82) is 0 Å². The first-order valence-corrected chi connectivity index (χ1v) is 3.69. The van der Waals surface area contributed by atoms with Gasteiger partial charge in [-0.2, -0.15) is 0 Å². The van der Waals surface area contributed by atoms with Crippen molar-refractivity contribution in [3.8, 4) is 0 Å². The van der Waals surface area contributed by atoms with Gasteiger partial charge in [0.05, 0.1) is 5.60 Å². The maximum absolute atomic E-state index is 5.27. The van der Waals surface area contributed by atoms with Crippen LogP contribution in [0.3, 0.4) is 0 Å². The third kappa shape index (κ3) is 4.14. The minimum atomic E-state index is -0.148. The minimum absolute atomic E-state index is 0.116. The van der Waals surface area contributed by atoms with Crippen LogP contribution in [0.25, 0.3) is 0 Å². The van der Waals surface area contributed by atoms with E-state index in [0.717, 1.165) is 6.42 Å². The van der Waals surface area contributed by atoms with Gasteiger partial charge >= 0.3 is 0 Å². The van der Waals surface area contributed by atoms with Crippen LogP contribution in [0.1, 0.15) is 20.3 Å². The Kier molecular flexibility index (Phi) is 4.33. The van der Waals surface area contributed by atoms with E-state index in [1.54, 1.807) is 13.2 Å². The van der Waals surface area contributed by atoms with E-state index in [1.165, 1.54) is 0 Å². The lowest BCUT2D eigenvalue weighted by Crippen LogP contribution is -2.39. The first-order chi connectivity index (χ1) is 5.05. The Hall–Kier alpha value is -0.380. The van der Waals surface area contributed by atoms with E-state index in [2.05, 4.69) is 12.0 Å². The number of hydrazine groups is 1. The molecule has 0 aliphatic rings. The standard InChI is InChI=1S/C8H18N2O/c1-5-7(10-9)6-8(2,3)11-4/h5,7,10H,1,6,9H2,2-4H3. The smallest absolute Gasteiger partial charge is 0.0641 e. The molecule has 0 heterocycles. The first-order valence-electron chi connectivity index (χ1n) is 3.69. The zero-order chi connectivity index (χ0) is 8.91. The van der Waals surface area contributed by atoms with Gasteiger partial charge in [-0.15, -0.1) is 6.58 Å². The van der Waals surface area contributed by atoms with Gasteiger partial charge in [-0.3, -0.25) is 11.3 Å². The number of nitrogens with one attached hydrogen (secondary N) is 1. The molecule has 11 heavy (non-hydrogen) atoms. The topological polar surface area (TPSA) is 47.3 Å². The zero-order valence-electron chi connectivity index (χ0n) is 7.55. The molecule has 0 spiro atoms. The van der Waals surface area contributed by atoms with Gasteiger partial charge in [0.25, 0.3) is 0 Å². The zero-order valence-corrected chi connectivity index (χ0v) is 7.55. The van der Waals surface area contributed by atoms with Gasteiger partial charge in [0.2, 0.25) is 0 Å². The second-order valence-corrected chi connectivity index (χ2v) is 3.18. The molecule has 3 N–H and O–H groups in total. The number of hydrogen-bond donors (Lipinski definition) is 2. The molecule has 0 amide bonds. The average Bonchev–Trinajstić information content (AvgIpc) is 2.00. The predicted molar refractivity (Wildman–Crippen MR) is 47.0 cm³/mol. The molecule has 1 atom stereocenters. The van der Waals surface area contributed by atoms with Gasteiger partial charge in [-0.25, -0.2) is 0 Å². The van der Waals surface area contributed by atoms with E-state index in [9.17, 15) is 0 Å². The summed E-state index contributed by atoms with van der Waals surface area (Å²) in [4.78, 5) is 0. The molecule has 0 radical (unpaired) electrons. The lowest BCUT2D eigenvalue weighted by molar-refractivity contribution is 0.0107. The molecule has 66 valence electrons. The van der Waals surface area contributed by atoms with E-state index < -0.39 is 0 Å². The highest BCUT2D eigenvalue weighted by atomic mass is 16.5. The SMILES string of the molecule is C=CC(CC(C)(C)OC)NN. The summed E-state index contributed by atoms with van der Waals surface area (Å²) in [5, 5.41) is 0. The van der Waals surface area contributed by atoms with E-state index >= 15 is 0 Å². The summed E-state index contributed by atoms with van der Waals surface area (Å²) >= 11 is 0. The second-order valence-electron chi connectivity index (χ2n) is 3.18. The van der Waals surface area contributed by atoms with Gasteiger partial charge in [-0.1, -0.05) is 6.08 Å². The van der Waals surface area contributed by atoms with Crippen molar-refractivity contribution in [2.75, 3.05) is 7.11 Å². The third-order valence-electron chi connectivity index (χ3n) is 1.76. The molecule has 0 rings (SSSR count). The molecule has 3 heteroatoms. The molecular weight excluding hydrogens is 140 g/mol. The first kappa shape index (κ1) is 10.6. The molecule has 0 aliphatic heterocycles. The van der Waals surface area contributed by atoms with Crippen LogP contribution in [0.5, 0.6) is 0 Å². The van der Waals surface area contributed by atoms with Crippen molar-refractivity contribution >= 4 is 0 Å². The van der Waals surface area contributed by atoms with E-state index in [0.29, 0.717) is 0 Å². The van der Waals surface area contributed by atoms with Crippen LogP contribution in [-0.2, 0) is 4.74 Å². The Bertz CT molecular complexity index is 123. The fourth-order valence-corrected chi connectivity index (χ4v) is 0.823. The summed E-state index contributed by atoms with van der Waals surface area (Å²) in [7, 11) is 1.69. The van der Waals surface area contributed by atoms with Crippen molar-refractivity contribution < 1.29 is 4.74 Å². The van der Waals surface area contributed by atoms with E-state index in [1.807, 2.05) is 13.8 Å². The van der Waals surface area contributed by atoms with Crippen molar-refractivity contribution in [1.82, 2.24) is 5.43 Å². The molecule has 0 aliphatic carbocycles. The van der Waals surface area contributed by atoms with Gasteiger partial charge in [0.1, 0.15) is 0 Å². The molecule has 0 aromatic carbocycles. The number of methoxy groups -OCH3 is 1. The molecule has 0 aromatic rings. The molecule has 0 saturated heterocycles. The fourth-order valence-electron chi connectivity index (χ4n) is 0.823. The van der Waals surface area contributed by atoms with Crippen molar-refractivity contribution in [3.05, 3.63) is 12.7 Å². The Balaban J connectivity index is 3.88. The van der Waals surface area contributed by atoms with E-state index in [-0.39, 0.29) is 11.6 Å². The Morgan fingerprint density at radius 3 is 2.55 bits per heavy atom. The number of hydrogen-bond acceptors (Lipinski definition) is 3. The van der Waals surface area contributed by atoms with Crippen LogP contribution in [0.4, 0.5) is 0 Å². The highest BCUT2D eigenvalue weighted by Gasteiger charge is 2.19. The van der Waals surface area contributed by atoms with Crippen LogP contribution in [0.15, 0.2) is 12.7 Å². The fraction of sp³-hybridized carbons (Fsp3) is 0.750. The molecule has 0 saturated carbocycles. The summed E-state index contributed by atoms with van der Waals surface area (Å²) in [5.41, 5.74) is 2.50. The average molecular weight is 158 g/mol. The quantitative estimate of drug-likeness (QED) is 0.354. The monoisotopic (exact) mass is 158 g/mol. The number of ether oxygens (including phenoxy) is 1. The number of rotatable bonds is 5. The van der Waals surface area contributed by atoms with Gasteiger partial charge in [0.15, 0.2) is 0 Å². The molecular formula is C8H18N2O. The van der Waals surface area contributed by atoms with Gasteiger partial charge in [0, 0.05) is 13.2 Å². The van der Waals surface area contributed by atoms with Crippen LogP contribution in [0, 0.1) is 0 Å². The second kappa shape index (κ2) is 4.49. The Morgan fingerprint density at radius 2 is 2.27 bits per heavy atom. The maximum Gasteiger partial charge on any atom is 0.0641 e. The summed E-state index contributed by atoms with van der Waals surface area (Å²) in [6, 6.07) is 0.116. The summed E-state index contributed by atoms with van der Waals surface area (Å²) in [5.74, 6) is 5.27. The van der Waals surface area contributed by atoms with E-state index in [4.69, 9.17) is 10.6 Å². The highest BCUT2D eigenvalue weighted by molar-refractivity contribution is 4.89. The van der Waals surface area contributed by atoms with Crippen LogP contribution >= 0.6 is 0 Å². The van der Waals surface area contributed by atoms with Crippen LogP contribution in [-0.4, -0.2) is 18.8 Å². The lowest BCUT2D eigenvalue weighted by atomic mass is 9.99. The minimum Gasteiger partial charge on any atom is -0.379 e. The predicted octanol–water partition coefficient (Wildman–Crippen LogP) is 0.819. The molecule has 0 aromatic heterocycles. The normalized spacial score (nSPS) is 14.5. The summed E-state index contributed by atoms with van der Waals surface area (Å²) in [6.45, 7) is 7.68. The molecule has 3 nitrogen and oxygen atoms in total. The third-order valence-corrected chi connectivity index (χ3v) is 1.76. The van der Waals surface area contributed by atoms with Gasteiger partial charge < -0.3 is 4.74 Å². The number of nitrogens with two attached hydrogens (primary N) is 1.